The number of ether oxygens (including phenoxy) is 1. The summed E-state index contributed by atoms with van der Waals surface area (Å²) in [6, 6.07) is 6.19. The Hall–Kier alpha value is -2.80. The lowest BCUT2D eigenvalue weighted by Gasteiger charge is -2.09. The molecule has 3 heterocycles. The van der Waals surface area contributed by atoms with Gasteiger partial charge in [0.15, 0.2) is 11.4 Å². The maximum Gasteiger partial charge on any atom is 0.181 e. The van der Waals surface area contributed by atoms with Crippen molar-refractivity contribution >= 4 is 11.4 Å². The molecule has 0 saturated heterocycles. The summed E-state index contributed by atoms with van der Waals surface area (Å²) in [4.78, 5) is 16.8. The van der Waals surface area contributed by atoms with Gasteiger partial charge in [-0.15, -0.1) is 0 Å². The van der Waals surface area contributed by atoms with Crippen molar-refractivity contribution in [2.24, 2.45) is 0 Å². The molecule has 4 bridgehead atoms. The topological polar surface area (TPSA) is 68.5 Å². The summed E-state index contributed by atoms with van der Waals surface area (Å²) in [5.74, 6) is 0.0529. The largest absolute Gasteiger partial charge is 0.492 e. The molecule has 2 aromatic heterocycles. The number of halogens is 1. The Morgan fingerprint density at radius 3 is 3.08 bits per heavy atom. The highest BCUT2D eigenvalue weighted by Crippen LogP contribution is 2.28. The second kappa shape index (κ2) is 6.60. The molecule has 0 spiro atoms. The fourth-order valence-electron chi connectivity index (χ4n) is 2.90. The Morgan fingerprint density at radius 1 is 1.24 bits per heavy atom. The van der Waals surface area contributed by atoms with E-state index in [1.807, 2.05) is 0 Å². The number of benzene rings is 1. The number of rotatable bonds is 0. The van der Waals surface area contributed by atoms with Crippen LogP contribution in [-0.2, 0) is 0 Å². The number of aromatic nitrogens is 3. The van der Waals surface area contributed by atoms with Gasteiger partial charge in [-0.3, -0.25) is 4.79 Å². The van der Waals surface area contributed by atoms with Crippen molar-refractivity contribution in [2.45, 2.75) is 12.8 Å². The first-order chi connectivity index (χ1) is 12.2. The number of Topliss-reactive ketones (excluding diaryl/α,β-unsaturated/α-hetero) is 1. The van der Waals surface area contributed by atoms with Crippen LogP contribution in [0.5, 0.6) is 5.75 Å². The molecule has 25 heavy (non-hydrogen) atoms. The normalized spacial score (nSPS) is 15.6. The minimum absolute atomic E-state index is 0.0116. The van der Waals surface area contributed by atoms with Gasteiger partial charge in [0.1, 0.15) is 23.9 Å². The summed E-state index contributed by atoms with van der Waals surface area (Å²) in [5.41, 5.74) is 2.20. The standard InChI is InChI=1S/C18H17FN4O2/c19-13-8-12-9-14(10-13)25-7-5-20-4-1-2-17(24)16-3-6-23-18(22-16)15(12)11-21-23/h3,6,8-11,20H,1-2,4-5,7H2. The van der Waals surface area contributed by atoms with Gasteiger partial charge in [-0.2, -0.15) is 5.10 Å². The van der Waals surface area contributed by atoms with Gasteiger partial charge in [0.05, 0.1) is 6.20 Å². The van der Waals surface area contributed by atoms with Gasteiger partial charge >= 0.3 is 0 Å². The molecule has 0 unspecified atom stereocenters. The average molecular weight is 340 g/mol. The third-order valence-corrected chi connectivity index (χ3v) is 4.14. The van der Waals surface area contributed by atoms with E-state index in [9.17, 15) is 9.18 Å². The lowest BCUT2D eigenvalue weighted by atomic mass is 10.1. The molecule has 6 nitrogen and oxygen atoms in total. The van der Waals surface area contributed by atoms with Crippen molar-refractivity contribution in [3.63, 3.8) is 0 Å². The summed E-state index contributed by atoms with van der Waals surface area (Å²) >= 11 is 0. The number of ketones is 1. The first-order valence-corrected chi connectivity index (χ1v) is 8.23. The smallest absolute Gasteiger partial charge is 0.181 e. The van der Waals surface area contributed by atoms with Gasteiger partial charge in [-0.1, -0.05) is 0 Å². The fourth-order valence-corrected chi connectivity index (χ4v) is 2.90. The van der Waals surface area contributed by atoms with E-state index in [4.69, 9.17) is 4.74 Å². The van der Waals surface area contributed by atoms with E-state index in [0.29, 0.717) is 54.3 Å². The van der Waals surface area contributed by atoms with E-state index in [2.05, 4.69) is 15.4 Å². The van der Waals surface area contributed by atoms with Crippen LogP contribution in [0.1, 0.15) is 23.3 Å². The van der Waals surface area contributed by atoms with Gasteiger partial charge in [-0.25, -0.2) is 13.9 Å². The van der Waals surface area contributed by atoms with Gasteiger partial charge in [0.2, 0.25) is 0 Å². The lowest BCUT2D eigenvalue weighted by Crippen LogP contribution is -2.22. The van der Waals surface area contributed by atoms with Crippen molar-refractivity contribution in [2.75, 3.05) is 19.7 Å². The highest BCUT2D eigenvalue weighted by atomic mass is 19.1. The third kappa shape index (κ3) is 3.23. The summed E-state index contributed by atoms with van der Waals surface area (Å²) < 4.78 is 21.2. The highest BCUT2D eigenvalue weighted by molar-refractivity contribution is 5.95. The summed E-state index contributed by atoms with van der Waals surface area (Å²) in [6.07, 6.45) is 4.46. The molecular weight excluding hydrogens is 323 g/mol. The number of carbonyl (C=O) groups excluding carboxylic acids is 1. The molecule has 0 amide bonds. The lowest BCUT2D eigenvalue weighted by molar-refractivity contribution is 0.0975. The first kappa shape index (κ1) is 15.7. The maximum atomic E-state index is 14.0. The molecule has 1 aliphatic heterocycles. The van der Waals surface area contributed by atoms with Gasteiger partial charge < -0.3 is 10.1 Å². The number of carbonyl (C=O) groups is 1. The maximum absolute atomic E-state index is 14.0. The zero-order valence-electron chi connectivity index (χ0n) is 13.5. The quantitative estimate of drug-likeness (QED) is 0.681. The Bertz CT molecular complexity index is 938. The van der Waals surface area contributed by atoms with Crippen LogP contribution in [-0.4, -0.2) is 40.1 Å². The van der Waals surface area contributed by atoms with E-state index in [1.54, 1.807) is 29.0 Å². The SMILES string of the molecule is O=C1CCCNCCOc2cc(F)cc(c2)-c2cnn3ccc1nc23. The Morgan fingerprint density at radius 2 is 2.16 bits per heavy atom. The molecule has 0 fully saturated rings. The molecule has 1 aliphatic rings. The molecule has 128 valence electrons. The van der Waals surface area contributed by atoms with Gasteiger partial charge in [-0.05, 0) is 36.7 Å². The highest BCUT2D eigenvalue weighted by Gasteiger charge is 2.14. The van der Waals surface area contributed by atoms with Crippen LogP contribution in [0.2, 0.25) is 0 Å². The zero-order valence-corrected chi connectivity index (χ0v) is 13.5. The van der Waals surface area contributed by atoms with Gasteiger partial charge in [0, 0.05) is 30.8 Å². The van der Waals surface area contributed by atoms with E-state index < -0.39 is 5.82 Å². The van der Waals surface area contributed by atoms with Crippen LogP contribution < -0.4 is 10.1 Å². The van der Waals surface area contributed by atoms with Gasteiger partial charge in [0.25, 0.3) is 0 Å². The monoisotopic (exact) mass is 340 g/mol. The molecule has 0 saturated carbocycles. The number of nitrogens with zero attached hydrogens (tertiary/aromatic N) is 3. The van der Waals surface area contributed by atoms with Crippen molar-refractivity contribution < 1.29 is 13.9 Å². The van der Waals surface area contributed by atoms with E-state index in [0.717, 1.165) is 6.42 Å². The molecule has 7 heteroatoms. The summed E-state index contributed by atoms with van der Waals surface area (Å²) in [7, 11) is 0. The van der Waals surface area contributed by atoms with Crippen LogP contribution in [0, 0.1) is 5.82 Å². The summed E-state index contributed by atoms with van der Waals surface area (Å²) in [6.45, 7) is 1.76. The van der Waals surface area contributed by atoms with Crippen molar-refractivity contribution in [3.05, 3.63) is 48.2 Å². The van der Waals surface area contributed by atoms with E-state index >= 15 is 0 Å². The van der Waals surface area contributed by atoms with Crippen LogP contribution in [0.4, 0.5) is 4.39 Å². The van der Waals surface area contributed by atoms with Crippen LogP contribution in [0.25, 0.3) is 16.8 Å². The molecule has 0 radical (unpaired) electrons. The van der Waals surface area contributed by atoms with Crippen LogP contribution in [0.15, 0.2) is 36.7 Å². The third-order valence-electron chi connectivity index (χ3n) is 4.14. The second-order valence-corrected chi connectivity index (χ2v) is 5.94. The van der Waals surface area contributed by atoms with Crippen molar-refractivity contribution in [1.29, 1.82) is 0 Å². The number of nitrogens with one attached hydrogen (secondary N) is 1. The molecule has 0 atom stereocenters. The number of fused-ring (bicyclic) bond motifs is 4. The van der Waals surface area contributed by atoms with Crippen molar-refractivity contribution in [1.82, 2.24) is 19.9 Å². The molecule has 4 rings (SSSR count). The molecule has 3 aromatic rings. The Labute approximate surface area is 143 Å². The van der Waals surface area contributed by atoms with E-state index in [-0.39, 0.29) is 5.78 Å². The zero-order chi connectivity index (χ0) is 17.2. The number of hydrogen-bond donors (Lipinski definition) is 1. The number of hydrogen-bond acceptors (Lipinski definition) is 5. The second-order valence-electron chi connectivity index (χ2n) is 5.94. The Kier molecular flexibility index (Phi) is 4.15. The van der Waals surface area contributed by atoms with Crippen molar-refractivity contribution in [3.8, 4) is 16.9 Å². The van der Waals surface area contributed by atoms with Crippen LogP contribution in [0.3, 0.4) is 0 Å². The minimum atomic E-state index is -0.392. The molecule has 1 N–H and O–H groups in total. The molecule has 0 aliphatic carbocycles. The minimum Gasteiger partial charge on any atom is -0.492 e. The molecule has 1 aromatic carbocycles. The Balaban J connectivity index is 1.85. The van der Waals surface area contributed by atoms with E-state index in [1.165, 1.54) is 12.1 Å². The molecular formula is C18H17FN4O2. The fraction of sp³-hybridized carbons (Fsp3) is 0.278. The average Bonchev–Trinajstić information content (AvgIpc) is 3.02. The van der Waals surface area contributed by atoms with Crippen LogP contribution >= 0.6 is 0 Å². The first-order valence-electron chi connectivity index (χ1n) is 8.23. The predicted molar refractivity (Wildman–Crippen MR) is 90.3 cm³/mol. The summed E-state index contributed by atoms with van der Waals surface area (Å²) in [5, 5.41) is 7.46. The predicted octanol–water partition coefficient (Wildman–Crippen LogP) is 2.48.